The molecule has 1 aromatic rings. The van der Waals surface area contributed by atoms with E-state index in [4.69, 9.17) is 0 Å². The summed E-state index contributed by atoms with van der Waals surface area (Å²) in [5.74, 6) is 1.62. The molecule has 4 heteroatoms. The SMILES string of the molecule is CCC(CC)N(C)c1cnc(CNCC(C)C)cn1. The summed E-state index contributed by atoms with van der Waals surface area (Å²) in [6.07, 6.45) is 6.02. The van der Waals surface area contributed by atoms with Crippen molar-refractivity contribution < 1.29 is 0 Å². The molecule has 1 N–H and O–H groups in total. The van der Waals surface area contributed by atoms with Gasteiger partial charge in [-0.25, -0.2) is 4.98 Å². The van der Waals surface area contributed by atoms with E-state index in [0.717, 1.165) is 37.4 Å². The number of anilines is 1. The maximum atomic E-state index is 4.52. The lowest BCUT2D eigenvalue weighted by molar-refractivity contribution is 0.546. The Balaban J connectivity index is 2.55. The molecule has 1 heterocycles. The van der Waals surface area contributed by atoms with E-state index in [9.17, 15) is 0 Å². The van der Waals surface area contributed by atoms with E-state index in [0.29, 0.717) is 12.0 Å². The molecule has 0 spiro atoms. The maximum Gasteiger partial charge on any atom is 0.147 e. The maximum absolute atomic E-state index is 4.52. The number of rotatable bonds is 8. The summed E-state index contributed by atoms with van der Waals surface area (Å²) >= 11 is 0. The van der Waals surface area contributed by atoms with Crippen molar-refractivity contribution in [1.29, 1.82) is 0 Å². The Hall–Kier alpha value is -1.16. The van der Waals surface area contributed by atoms with Crippen molar-refractivity contribution >= 4 is 5.82 Å². The van der Waals surface area contributed by atoms with Crippen LogP contribution in [0.15, 0.2) is 12.4 Å². The fraction of sp³-hybridized carbons (Fsp3) is 0.733. The van der Waals surface area contributed by atoms with Crippen molar-refractivity contribution in [2.75, 3.05) is 18.5 Å². The second-order valence-corrected chi connectivity index (χ2v) is 5.47. The first-order valence-electron chi connectivity index (χ1n) is 7.32. The van der Waals surface area contributed by atoms with Crippen LogP contribution in [0.25, 0.3) is 0 Å². The molecule has 108 valence electrons. The number of hydrogen-bond acceptors (Lipinski definition) is 4. The molecule has 0 saturated carbocycles. The molecule has 4 nitrogen and oxygen atoms in total. The molecule has 1 rings (SSSR count). The average molecular weight is 264 g/mol. The predicted octanol–water partition coefficient (Wildman–Crippen LogP) is 2.85. The van der Waals surface area contributed by atoms with Gasteiger partial charge in [0.05, 0.1) is 18.1 Å². The van der Waals surface area contributed by atoms with Crippen molar-refractivity contribution in [2.45, 2.75) is 53.1 Å². The van der Waals surface area contributed by atoms with E-state index in [2.05, 4.69) is 54.9 Å². The van der Waals surface area contributed by atoms with E-state index in [1.807, 2.05) is 12.4 Å². The zero-order chi connectivity index (χ0) is 14.3. The fourth-order valence-corrected chi connectivity index (χ4v) is 2.13. The van der Waals surface area contributed by atoms with E-state index in [1.165, 1.54) is 0 Å². The van der Waals surface area contributed by atoms with Crippen LogP contribution in [0.2, 0.25) is 0 Å². The summed E-state index contributed by atoms with van der Waals surface area (Å²) in [7, 11) is 2.10. The molecule has 19 heavy (non-hydrogen) atoms. The molecule has 0 unspecified atom stereocenters. The van der Waals surface area contributed by atoms with Gasteiger partial charge in [-0.05, 0) is 25.3 Å². The van der Waals surface area contributed by atoms with Crippen molar-refractivity contribution in [3.63, 3.8) is 0 Å². The van der Waals surface area contributed by atoms with Crippen LogP contribution in [0.3, 0.4) is 0 Å². The minimum Gasteiger partial charge on any atom is -0.355 e. The normalized spacial score (nSPS) is 11.3. The number of hydrogen-bond donors (Lipinski definition) is 1. The number of nitrogens with one attached hydrogen (secondary N) is 1. The molecule has 0 atom stereocenters. The van der Waals surface area contributed by atoms with E-state index >= 15 is 0 Å². The highest BCUT2D eigenvalue weighted by molar-refractivity contribution is 5.35. The van der Waals surface area contributed by atoms with Crippen LogP contribution in [-0.2, 0) is 6.54 Å². The van der Waals surface area contributed by atoms with Crippen LogP contribution in [0.4, 0.5) is 5.82 Å². The van der Waals surface area contributed by atoms with Gasteiger partial charge in [0.1, 0.15) is 5.82 Å². The first-order valence-corrected chi connectivity index (χ1v) is 7.32. The van der Waals surface area contributed by atoms with Gasteiger partial charge in [0.2, 0.25) is 0 Å². The zero-order valence-electron chi connectivity index (χ0n) is 13.0. The molecule has 0 amide bonds. The zero-order valence-corrected chi connectivity index (χ0v) is 13.0. The number of aromatic nitrogens is 2. The highest BCUT2D eigenvalue weighted by Crippen LogP contribution is 2.14. The third-order valence-electron chi connectivity index (χ3n) is 3.40. The molecule has 0 saturated heterocycles. The van der Waals surface area contributed by atoms with Crippen LogP contribution in [0.1, 0.15) is 46.2 Å². The highest BCUT2D eigenvalue weighted by Gasteiger charge is 2.12. The van der Waals surface area contributed by atoms with E-state index in [1.54, 1.807) is 0 Å². The van der Waals surface area contributed by atoms with E-state index < -0.39 is 0 Å². The molecule has 0 aromatic carbocycles. The number of nitrogens with zero attached hydrogens (tertiary/aromatic N) is 3. The van der Waals surface area contributed by atoms with Crippen LogP contribution in [0.5, 0.6) is 0 Å². The first kappa shape index (κ1) is 15.9. The van der Waals surface area contributed by atoms with Gasteiger partial charge in [0, 0.05) is 19.6 Å². The lowest BCUT2D eigenvalue weighted by atomic mass is 10.1. The van der Waals surface area contributed by atoms with Crippen molar-refractivity contribution in [2.24, 2.45) is 5.92 Å². The molecule has 1 aromatic heterocycles. The van der Waals surface area contributed by atoms with Gasteiger partial charge in [-0.2, -0.15) is 0 Å². The summed E-state index contributed by atoms with van der Waals surface area (Å²) in [5.41, 5.74) is 1.00. The van der Waals surface area contributed by atoms with Gasteiger partial charge in [-0.1, -0.05) is 27.7 Å². The molecular weight excluding hydrogens is 236 g/mol. The summed E-state index contributed by atoms with van der Waals surface area (Å²) < 4.78 is 0. The minimum absolute atomic E-state index is 0.541. The van der Waals surface area contributed by atoms with Crippen molar-refractivity contribution in [1.82, 2.24) is 15.3 Å². The lowest BCUT2D eigenvalue weighted by Crippen LogP contribution is -2.31. The van der Waals surface area contributed by atoms with Gasteiger partial charge < -0.3 is 10.2 Å². The van der Waals surface area contributed by atoms with Crippen LogP contribution in [-0.4, -0.2) is 29.6 Å². The van der Waals surface area contributed by atoms with Crippen molar-refractivity contribution in [3.8, 4) is 0 Å². The first-order chi connectivity index (χ1) is 9.08. The Kier molecular flexibility index (Phi) is 6.78. The second kappa shape index (κ2) is 8.10. The van der Waals surface area contributed by atoms with Crippen molar-refractivity contribution in [3.05, 3.63) is 18.1 Å². The Bertz CT molecular complexity index is 344. The largest absolute Gasteiger partial charge is 0.355 e. The smallest absolute Gasteiger partial charge is 0.147 e. The predicted molar refractivity (Wildman–Crippen MR) is 81.3 cm³/mol. The third kappa shape index (κ3) is 5.15. The Labute approximate surface area is 117 Å². The van der Waals surface area contributed by atoms with Crippen LogP contribution >= 0.6 is 0 Å². The standard InChI is InChI=1S/C15H28N4/c1-6-14(7-2)19(5)15-11-17-13(10-18-15)9-16-8-12(3)4/h10-12,14,16H,6-9H2,1-5H3. The molecule has 0 aliphatic rings. The topological polar surface area (TPSA) is 41.1 Å². The summed E-state index contributed by atoms with van der Waals surface area (Å²) in [5, 5.41) is 3.38. The van der Waals surface area contributed by atoms with Crippen LogP contribution < -0.4 is 10.2 Å². The Morgan fingerprint density at radius 3 is 2.32 bits per heavy atom. The molecule has 0 aliphatic heterocycles. The molecule has 0 radical (unpaired) electrons. The van der Waals surface area contributed by atoms with Crippen LogP contribution in [0, 0.1) is 5.92 Å². The quantitative estimate of drug-likeness (QED) is 0.784. The molecule has 0 fully saturated rings. The molecule has 0 aliphatic carbocycles. The summed E-state index contributed by atoms with van der Waals surface area (Å²) in [6.45, 7) is 10.6. The molecular formula is C15H28N4. The summed E-state index contributed by atoms with van der Waals surface area (Å²) in [4.78, 5) is 11.2. The van der Waals surface area contributed by atoms with Gasteiger partial charge >= 0.3 is 0 Å². The highest BCUT2D eigenvalue weighted by atomic mass is 15.2. The monoisotopic (exact) mass is 264 g/mol. The van der Waals surface area contributed by atoms with Gasteiger partial charge in [-0.15, -0.1) is 0 Å². The fourth-order valence-electron chi connectivity index (χ4n) is 2.13. The Morgan fingerprint density at radius 1 is 1.16 bits per heavy atom. The second-order valence-electron chi connectivity index (χ2n) is 5.47. The summed E-state index contributed by atoms with van der Waals surface area (Å²) in [6, 6.07) is 0.541. The van der Waals surface area contributed by atoms with Gasteiger partial charge in [0.25, 0.3) is 0 Å². The Morgan fingerprint density at radius 2 is 1.84 bits per heavy atom. The molecule has 0 bridgehead atoms. The van der Waals surface area contributed by atoms with Gasteiger partial charge in [-0.3, -0.25) is 4.98 Å². The van der Waals surface area contributed by atoms with E-state index in [-0.39, 0.29) is 0 Å². The van der Waals surface area contributed by atoms with Gasteiger partial charge in [0.15, 0.2) is 0 Å². The lowest BCUT2D eigenvalue weighted by Gasteiger charge is -2.26. The average Bonchev–Trinajstić information content (AvgIpc) is 2.40. The minimum atomic E-state index is 0.541. The third-order valence-corrected chi connectivity index (χ3v) is 3.40.